The summed E-state index contributed by atoms with van der Waals surface area (Å²) in [6.07, 6.45) is 1.56. The molecule has 0 unspecified atom stereocenters. The fraction of sp³-hybridized carbons (Fsp3) is 0.273. The van der Waals surface area contributed by atoms with Gasteiger partial charge in [-0.15, -0.1) is 0 Å². The summed E-state index contributed by atoms with van der Waals surface area (Å²) < 4.78 is 16.7. The summed E-state index contributed by atoms with van der Waals surface area (Å²) in [7, 11) is 0. The van der Waals surface area contributed by atoms with Crippen LogP contribution in [-0.4, -0.2) is 30.7 Å². The lowest BCUT2D eigenvalue weighted by Crippen LogP contribution is -2.46. The minimum atomic E-state index is -0.421. The molecule has 0 spiro atoms. The maximum atomic E-state index is 14.9. The number of benzene rings is 2. The number of fused-ring (bicyclic) bond motifs is 1. The average Bonchev–Trinajstić information content (AvgIpc) is 2.75. The SMILES string of the molecule is CCn1cc(C#N)c(=O)c2cc(F)c(N3CCN(c4ccccc4)CC3)cc21. The number of pyridine rings is 1. The zero-order chi connectivity index (χ0) is 19.7. The average molecular weight is 376 g/mol. The van der Waals surface area contributed by atoms with Crippen molar-refractivity contribution in [1.82, 2.24) is 4.57 Å². The molecule has 0 atom stereocenters. The van der Waals surface area contributed by atoms with Crippen LogP contribution in [0.4, 0.5) is 15.8 Å². The predicted octanol–water partition coefficient (Wildman–Crippen LogP) is 3.36. The van der Waals surface area contributed by atoms with Crippen LogP contribution in [0.15, 0.2) is 53.5 Å². The summed E-state index contributed by atoms with van der Waals surface area (Å²) in [6.45, 7) is 5.53. The van der Waals surface area contributed by atoms with Crippen molar-refractivity contribution < 1.29 is 4.39 Å². The fourth-order valence-corrected chi connectivity index (χ4v) is 3.83. The molecule has 3 aromatic rings. The number of aryl methyl sites for hydroxylation is 1. The van der Waals surface area contributed by atoms with Gasteiger partial charge in [0, 0.05) is 44.6 Å². The Hall–Kier alpha value is -3.33. The Balaban J connectivity index is 1.68. The first kappa shape index (κ1) is 18.1. The van der Waals surface area contributed by atoms with E-state index in [0.717, 1.165) is 13.1 Å². The molecule has 0 saturated carbocycles. The number of nitriles is 1. The second-order valence-electron chi connectivity index (χ2n) is 6.90. The zero-order valence-corrected chi connectivity index (χ0v) is 15.7. The van der Waals surface area contributed by atoms with Gasteiger partial charge in [0.15, 0.2) is 0 Å². The molecule has 0 N–H and O–H groups in total. The van der Waals surface area contributed by atoms with Gasteiger partial charge in [0.05, 0.1) is 16.6 Å². The van der Waals surface area contributed by atoms with Crippen molar-refractivity contribution in [3.8, 4) is 6.07 Å². The molecule has 28 heavy (non-hydrogen) atoms. The molecule has 1 fully saturated rings. The number of halogens is 1. The monoisotopic (exact) mass is 376 g/mol. The lowest BCUT2D eigenvalue weighted by atomic mass is 10.1. The maximum absolute atomic E-state index is 14.9. The van der Waals surface area contributed by atoms with Gasteiger partial charge < -0.3 is 14.4 Å². The van der Waals surface area contributed by atoms with Gasteiger partial charge in [0.1, 0.15) is 17.4 Å². The van der Waals surface area contributed by atoms with E-state index in [9.17, 15) is 14.4 Å². The van der Waals surface area contributed by atoms with Crippen LogP contribution in [0.2, 0.25) is 0 Å². The van der Waals surface area contributed by atoms with Crippen LogP contribution in [-0.2, 0) is 6.54 Å². The molecule has 5 nitrogen and oxygen atoms in total. The van der Waals surface area contributed by atoms with Crippen molar-refractivity contribution in [3.05, 3.63) is 70.3 Å². The van der Waals surface area contributed by atoms with E-state index in [2.05, 4.69) is 17.0 Å². The highest BCUT2D eigenvalue weighted by Crippen LogP contribution is 2.27. The number of anilines is 2. The molecule has 4 rings (SSSR count). The Morgan fingerprint density at radius 2 is 1.75 bits per heavy atom. The van der Waals surface area contributed by atoms with Crippen molar-refractivity contribution in [3.63, 3.8) is 0 Å². The normalized spacial score (nSPS) is 14.3. The van der Waals surface area contributed by atoms with Gasteiger partial charge in [-0.3, -0.25) is 4.79 Å². The molecular formula is C22H21FN4O. The second kappa shape index (κ2) is 7.35. The molecule has 1 aliphatic heterocycles. The summed E-state index contributed by atoms with van der Waals surface area (Å²) >= 11 is 0. The van der Waals surface area contributed by atoms with Crippen LogP contribution in [0.1, 0.15) is 12.5 Å². The molecule has 1 saturated heterocycles. The molecule has 1 aromatic heterocycles. The van der Waals surface area contributed by atoms with E-state index in [1.54, 1.807) is 12.3 Å². The van der Waals surface area contributed by atoms with Gasteiger partial charge in [0.2, 0.25) is 5.43 Å². The minimum absolute atomic E-state index is 0.0398. The van der Waals surface area contributed by atoms with Crippen LogP contribution in [0.3, 0.4) is 0 Å². The Morgan fingerprint density at radius 3 is 2.39 bits per heavy atom. The van der Waals surface area contributed by atoms with Crippen LogP contribution >= 0.6 is 0 Å². The number of para-hydroxylation sites is 1. The van der Waals surface area contributed by atoms with Gasteiger partial charge >= 0.3 is 0 Å². The van der Waals surface area contributed by atoms with E-state index >= 15 is 0 Å². The van der Waals surface area contributed by atoms with Gasteiger partial charge in [-0.1, -0.05) is 18.2 Å². The molecule has 0 amide bonds. The van der Waals surface area contributed by atoms with E-state index in [1.807, 2.05) is 40.7 Å². The Kier molecular flexibility index (Phi) is 4.74. The van der Waals surface area contributed by atoms with E-state index in [4.69, 9.17) is 0 Å². The lowest BCUT2D eigenvalue weighted by molar-refractivity contribution is 0.598. The first-order chi connectivity index (χ1) is 13.6. The maximum Gasteiger partial charge on any atom is 0.207 e. The third-order valence-corrected chi connectivity index (χ3v) is 5.35. The zero-order valence-electron chi connectivity index (χ0n) is 15.7. The molecule has 0 bridgehead atoms. The molecule has 6 heteroatoms. The number of hydrogen-bond acceptors (Lipinski definition) is 4. The highest BCUT2D eigenvalue weighted by molar-refractivity contribution is 5.84. The summed E-state index contributed by atoms with van der Waals surface area (Å²) in [5, 5.41) is 9.43. The molecule has 2 aromatic carbocycles. The Bertz CT molecular complexity index is 1110. The lowest BCUT2D eigenvalue weighted by Gasteiger charge is -2.37. The number of piperazine rings is 1. The van der Waals surface area contributed by atoms with E-state index in [1.165, 1.54) is 11.8 Å². The number of hydrogen-bond donors (Lipinski definition) is 0. The smallest absolute Gasteiger partial charge is 0.207 e. The van der Waals surface area contributed by atoms with Crippen LogP contribution in [0, 0.1) is 17.1 Å². The van der Waals surface area contributed by atoms with E-state index in [0.29, 0.717) is 30.8 Å². The van der Waals surface area contributed by atoms with E-state index in [-0.39, 0.29) is 10.9 Å². The van der Waals surface area contributed by atoms with Gasteiger partial charge in [0.25, 0.3) is 0 Å². The third kappa shape index (κ3) is 3.09. The highest BCUT2D eigenvalue weighted by Gasteiger charge is 2.21. The van der Waals surface area contributed by atoms with Crippen LogP contribution < -0.4 is 15.2 Å². The Morgan fingerprint density at radius 1 is 1.07 bits per heavy atom. The molecule has 142 valence electrons. The molecule has 0 radical (unpaired) electrons. The topological polar surface area (TPSA) is 52.3 Å². The van der Waals surface area contributed by atoms with Crippen LogP contribution in [0.25, 0.3) is 10.9 Å². The first-order valence-electron chi connectivity index (χ1n) is 9.44. The van der Waals surface area contributed by atoms with Crippen LogP contribution in [0.5, 0.6) is 0 Å². The number of aromatic nitrogens is 1. The number of nitrogens with zero attached hydrogens (tertiary/aromatic N) is 4. The molecule has 1 aliphatic rings. The van der Waals surface area contributed by atoms with Gasteiger partial charge in [-0.25, -0.2) is 4.39 Å². The summed E-state index contributed by atoms with van der Waals surface area (Å²) in [5.74, 6) is -0.421. The highest BCUT2D eigenvalue weighted by atomic mass is 19.1. The van der Waals surface area contributed by atoms with Crippen molar-refractivity contribution in [2.75, 3.05) is 36.0 Å². The van der Waals surface area contributed by atoms with Gasteiger partial charge in [-0.05, 0) is 31.2 Å². The van der Waals surface area contributed by atoms with Crippen molar-refractivity contribution in [2.45, 2.75) is 13.5 Å². The fourth-order valence-electron chi connectivity index (χ4n) is 3.83. The summed E-state index contributed by atoms with van der Waals surface area (Å²) in [6, 6.07) is 15.1. The molecule has 2 heterocycles. The summed E-state index contributed by atoms with van der Waals surface area (Å²) in [5.41, 5.74) is 1.96. The summed E-state index contributed by atoms with van der Waals surface area (Å²) in [4.78, 5) is 16.8. The van der Waals surface area contributed by atoms with Gasteiger partial charge in [-0.2, -0.15) is 5.26 Å². The molecule has 0 aliphatic carbocycles. The van der Waals surface area contributed by atoms with Crippen molar-refractivity contribution in [2.24, 2.45) is 0 Å². The standard InChI is InChI=1S/C22H21FN4O/c1-2-25-15-16(14-24)22(28)18-12-19(23)21(13-20(18)25)27-10-8-26(9-11-27)17-6-4-3-5-7-17/h3-7,12-13,15H,2,8-11H2,1H3. The first-order valence-corrected chi connectivity index (χ1v) is 9.44. The van der Waals surface area contributed by atoms with Crippen molar-refractivity contribution in [1.29, 1.82) is 5.26 Å². The Labute approximate surface area is 162 Å². The third-order valence-electron chi connectivity index (χ3n) is 5.35. The van der Waals surface area contributed by atoms with Crippen molar-refractivity contribution >= 4 is 22.3 Å². The molecular weight excluding hydrogens is 355 g/mol. The minimum Gasteiger partial charge on any atom is -0.368 e. The quantitative estimate of drug-likeness (QED) is 0.703. The number of rotatable bonds is 3. The second-order valence-corrected chi connectivity index (χ2v) is 6.90. The van der Waals surface area contributed by atoms with E-state index < -0.39 is 11.2 Å². The largest absolute Gasteiger partial charge is 0.368 e. The predicted molar refractivity (Wildman–Crippen MR) is 109 cm³/mol.